The number of amides is 2. The maximum atomic E-state index is 11.9. The molecular weight excluding hydrogens is 236 g/mol. The summed E-state index contributed by atoms with van der Waals surface area (Å²) in [6, 6.07) is -1.24. The van der Waals surface area contributed by atoms with Crippen LogP contribution < -0.4 is 5.32 Å². The summed E-state index contributed by atoms with van der Waals surface area (Å²) in [7, 11) is 1.63. The molecule has 1 fully saturated rings. The number of ether oxygens (including phenoxy) is 1. The largest absolute Gasteiger partial charge is 0.480 e. The molecule has 0 aromatic heterocycles. The van der Waals surface area contributed by atoms with Crippen LogP contribution in [0, 0.1) is 5.92 Å². The first-order chi connectivity index (χ1) is 8.58. The first-order valence-electron chi connectivity index (χ1n) is 5.96. The number of carbonyl (C=O) groups is 2. The van der Waals surface area contributed by atoms with Crippen LogP contribution >= 0.6 is 0 Å². The highest BCUT2D eigenvalue weighted by atomic mass is 16.5. The molecule has 2 atom stereocenters. The number of hydrogen-bond acceptors (Lipinski definition) is 3. The molecular formula is C12H20N2O4. The van der Waals surface area contributed by atoms with E-state index in [4.69, 9.17) is 9.84 Å². The van der Waals surface area contributed by atoms with Crippen LogP contribution in [0.15, 0.2) is 12.7 Å². The van der Waals surface area contributed by atoms with E-state index in [0.29, 0.717) is 25.6 Å². The Kier molecular flexibility index (Phi) is 5.64. The Labute approximate surface area is 107 Å². The molecule has 0 aromatic rings. The lowest BCUT2D eigenvalue weighted by Gasteiger charge is -2.20. The minimum Gasteiger partial charge on any atom is -0.480 e. The van der Waals surface area contributed by atoms with Gasteiger partial charge in [-0.25, -0.2) is 9.59 Å². The fraction of sp³-hybridized carbons (Fsp3) is 0.667. The second kappa shape index (κ2) is 7.00. The number of methoxy groups -OCH3 is 1. The molecule has 2 amide bonds. The van der Waals surface area contributed by atoms with Crippen molar-refractivity contribution in [1.29, 1.82) is 0 Å². The molecule has 1 saturated heterocycles. The summed E-state index contributed by atoms with van der Waals surface area (Å²) in [5, 5.41) is 11.4. The van der Waals surface area contributed by atoms with Gasteiger partial charge in [0.2, 0.25) is 0 Å². The van der Waals surface area contributed by atoms with Crippen molar-refractivity contribution in [2.75, 3.05) is 26.8 Å². The van der Waals surface area contributed by atoms with Gasteiger partial charge in [-0.15, -0.1) is 6.58 Å². The first kappa shape index (κ1) is 14.5. The number of hydrogen-bond donors (Lipinski definition) is 2. The van der Waals surface area contributed by atoms with Crippen molar-refractivity contribution < 1.29 is 19.4 Å². The predicted octanol–water partition coefficient (Wildman–Crippen LogP) is 0.694. The van der Waals surface area contributed by atoms with E-state index in [1.807, 2.05) is 0 Å². The average Bonchev–Trinajstić information content (AvgIpc) is 2.77. The van der Waals surface area contributed by atoms with Crippen LogP contribution in [0.2, 0.25) is 0 Å². The van der Waals surface area contributed by atoms with Crippen LogP contribution in [0.25, 0.3) is 0 Å². The van der Waals surface area contributed by atoms with E-state index in [0.717, 1.165) is 6.42 Å². The van der Waals surface area contributed by atoms with Gasteiger partial charge in [-0.1, -0.05) is 6.08 Å². The molecule has 1 aliphatic heterocycles. The van der Waals surface area contributed by atoms with E-state index >= 15 is 0 Å². The fourth-order valence-electron chi connectivity index (χ4n) is 2.02. The van der Waals surface area contributed by atoms with Gasteiger partial charge in [0, 0.05) is 26.1 Å². The van der Waals surface area contributed by atoms with Crippen molar-refractivity contribution in [3.8, 4) is 0 Å². The van der Waals surface area contributed by atoms with Gasteiger partial charge in [-0.2, -0.15) is 0 Å². The molecule has 102 valence electrons. The average molecular weight is 256 g/mol. The Bertz CT molecular complexity index is 319. The molecule has 0 spiro atoms. The van der Waals surface area contributed by atoms with Gasteiger partial charge in [0.15, 0.2) is 0 Å². The Morgan fingerprint density at radius 3 is 2.94 bits per heavy atom. The number of likely N-dealkylation sites (tertiary alicyclic amines) is 1. The summed E-state index contributed by atoms with van der Waals surface area (Å²) in [5.74, 6) is -0.709. The lowest BCUT2D eigenvalue weighted by molar-refractivity contribution is -0.139. The van der Waals surface area contributed by atoms with Gasteiger partial charge < -0.3 is 20.1 Å². The van der Waals surface area contributed by atoms with Crippen LogP contribution in [-0.2, 0) is 9.53 Å². The molecule has 1 rings (SSSR count). The van der Waals surface area contributed by atoms with Crippen LogP contribution in [0.4, 0.5) is 4.79 Å². The van der Waals surface area contributed by atoms with Crippen molar-refractivity contribution in [3.63, 3.8) is 0 Å². The van der Waals surface area contributed by atoms with E-state index in [2.05, 4.69) is 11.9 Å². The number of urea groups is 1. The lowest BCUT2D eigenvalue weighted by Crippen LogP contribution is -2.47. The van der Waals surface area contributed by atoms with Crippen molar-refractivity contribution in [2.24, 2.45) is 5.92 Å². The zero-order chi connectivity index (χ0) is 13.5. The summed E-state index contributed by atoms with van der Waals surface area (Å²) in [4.78, 5) is 24.4. The van der Waals surface area contributed by atoms with Crippen LogP contribution in [-0.4, -0.2) is 54.9 Å². The molecule has 0 aromatic carbocycles. The van der Waals surface area contributed by atoms with E-state index < -0.39 is 12.0 Å². The maximum absolute atomic E-state index is 11.9. The number of carboxylic acid groups (broad SMARTS) is 1. The fourth-order valence-corrected chi connectivity index (χ4v) is 2.02. The Morgan fingerprint density at radius 1 is 1.67 bits per heavy atom. The molecule has 6 nitrogen and oxygen atoms in total. The lowest BCUT2D eigenvalue weighted by atomic mass is 10.1. The van der Waals surface area contributed by atoms with Crippen LogP contribution in [0.5, 0.6) is 0 Å². The zero-order valence-corrected chi connectivity index (χ0v) is 10.6. The normalized spacial score (nSPS) is 20.5. The summed E-state index contributed by atoms with van der Waals surface area (Å²) < 4.78 is 5.05. The molecule has 18 heavy (non-hydrogen) atoms. The van der Waals surface area contributed by atoms with Gasteiger partial charge in [-0.3, -0.25) is 0 Å². The number of carbonyl (C=O) groups excluding carboxylic acids is 1. The first-order valence-corrected chi connectivity index (χ1v) is 5.96. The zero-order valence-electron chi connectivity index (χ0n) is 10.6. The summed E-state index contributed by atoms with van der Waals surface area (Å²) in [6.45, 7) is 5.35. The molecule has 1 heterocycles. The summed E-state index contributed by atoms with van der Waals surface area (Å²) in [5.41, 5.74) is 0. The third-order valence-electron chi connectivity index (χ3n) is 2.97. The number of carboxylic acids is 1. The van der Waals surface area contributed by atoms with Gasteiger partial charge in [-0.05, 0) is 12.8 Å². The smallest absolute Gasteiger partial charge is 0.326 e. The van der Waals surface area contributed by atoms with Crippen LogP contribution in [0.1, 0.15) is 12.8 Å². The minimum absolute atomic E-state index is 0.219. The number of aliphatic carboxylic acids is 1. The van der Waals surface area contributed by atoms with Gasteiger partial charge in [0.25, 0.3) is 0 Å². The Balaban J connectivity index is 2.45. The molecule has 0 aliphatic carbocycles. The number of nitrogens with zero attached hydrogens (tertiary/aromatic N) is 1. The van der Waals surface area contributed by atoms with Crippen molar-refractivity contribution in [3.05, 3.63) is 12.7 Å². The topological polar surface area (TPSA) is 78.9 Å². The second-order valence-electron chi connectivity index (χ2n) is 4.42. The molecule has 1 aliphatic rings. The number of rotatable bonds is 6. The highest BCUT2D eigenvalue weighted by Gasteiger charge is 2.28. The van der Waals surface area contributed by atoms with Crippen molar-refractivity contribution in [2.45, 2.75) is 18.9 Å². The monoisotopic (exact) mass is 256 g/mol. The van der Waals surface area contributed by atoms with Crippen molar-refractivity contribution >= 4 is 12.0 Å². The molecule has 6 heteroatoms. The third kappa shape index (κ3) is 4.03. The molecule has 0 radical (unpaired) electrons. The standard InChI is InChI=1S/C12H20N2O4/c1-3-4-10(11(15)16)13-12(17)14-6-5-9(7-14)8-18-2/h3,9-10H,1,4-8H2,2H3,(H,13,17)(H,15,16). The Morgan fingerprint density at radius 2 is 2.39 bits per heavy atom. The van der Waals surface area contributed by atoms with E-state index in [1.165, 1.54) is 6.08 Å². The minimum atomic E-state index is -1.05. The van der Waals surface area contributed by atoms with E-state index in [1.54, 1.807) is 12.0 Å². The van der Waals surface area contributed by atoms with Crippen molar-refractivity contribution in [1.82, 2.24) is 10.2 Å². The SMILES string of the molecule is C=CCC(NC(=O)N1CCC(COC)C1)C(=O)O. The van der Waals surface area contributed by atoms with E-state index in [-0.39, 0.29) is 12.5 Å². The molecule has 2 N–H and O–H groups in total. The molecule has 0 saturated carbocycles. The van der Waals surface area contributed by atoms with Gasteiger partial charge >= 0.3 is 12.0 Å². The highest BCUT2D eigenvalue weighted by Crippen LogP contribution is 2.16. The highest BCUT2D eigenvalue weighted by molar-refractivity contribution is 5.82. The van der Waals surface area contributed by atoms with Gasteiger partial charge in [0.1, 0.15) is 6.04 Å². The number of nitrogens with one attached hydrogen (secondary N) is 1. The predicted molar refractivity (Wildman–Crippen MR) is 66.3 cm³/mol. The van der Waals surface area contributed by atoms with Gasteiger partial charge in [0.05, 0.1) is 6.61 Å². The summed E-state index contributed by atoms with van der Waals surface area (Å²) in [6.07, 6.45) is 2.59. The second-order valence-corrected chi connectivity index (χ2v) is 4.42. The Hall–Kier alpha value is -1.56. The van der Waals surface area contributed by atoms with Crippen LogP contribution in [0.3, 0.4) is 0 Å². The maximum Gasteiger partial charge on any atom is 0.326 e. The third-order valence-corrected chi connectivity index (χ3v) is 2.97. The molecule has 2 unspecified atom stereocenters. The quantitative estimate of drug-likeness (QED) is 0.685. The summed E-state index contributed by atoms with van der Waals surface area (Å²) >= 11 is 0. The molecule has 0 bridgehead atoms. The van der Waals surface area contributed by atoms with E-state index in [9.17, 15) is 9.59 Å².